The van der Waals surface area contributed by atoms with Crippen LogP contribution in [0.25, 0.3) is 0 Å². The fourth-order valence-electron chi connectivity index (χ4n) is 6.33. The van der Waals surface area contributed by atoms with Gasteiger partial charge in [0.1, 0.15) is 0 Å². The Hall–Kier alpha value is -1.80. The minimum atomic E-state index is -0.169. The Morgan fingerprint density at radius 2 is 1.00 bits per heavy atom. The van der Waals surface area contributed by atoms with E-state index in [1.807, 2.05) is 13.8 Å². The van der Waals surface area contributed by atoms with Gasteiger partial charge in [-0.25, -0.2) is 0 Å². The molecule has 0 aromatic rings. The molecule has 4 amide bonds. The normalized spacial score (nSPS) is 38.1. The minimum absolute atomic E-state index is 0.0148. The summed E-state index contributed by atoms with van der Waals surface area (Å²) in [7, 11) is 0. The van der Waals surface area contributed by atoms with Gasteiger partial charge in [0.25, 0.3) is 11.8 Å². The molecule has 8 nitrogen and oxygen atoms in total. The smallest absolute Gasteiger partial charge is 0.287 e. The zero-order valence-electron chi connectivity index (χ0n) is 18.3. The Kier molecular flexibility index (Phi) is 6.25. The van der Waals surface area contributed by atoms with Crippen molar-refractivity contribution < 1.29 is 29.0 Å². The van der Waals surface area contributed by atoms with Gasteiger partial charge < -0.3 is 9.80 Å². The summed E-state index contributed by atoms with van der Waals surface area (Å²) in [6.45, 7) is 8.58. The molecule has 4 aliphatic heterocycles. The Morgan fingerprint density at radius 1 is 0.667 bits per heavy atom. The van der Waals surface area contributed by atoms with Gasteiger partial charge in [0.15, 0.2) is 12.1 Å². The third kappa shape index (κ3) is 3.80. The van der Waals surface area contributed by atoms with Crippen molar-refractivity contribution in [2.24, 2.45) is 11.8 Å². The number of amides is 4. The molecular formula is C22H36N4O4+2. The maximum absolute atomic E-state index is 12.5. The number of rotatable bonds is 5. The summed E-state index contributed by atoms with van der Waals surface area (Å²) in [5.41, 5.74) is 0. The maximum atomic E-state index is 12.5. The molecule has 0 bridgehead atoms. The molecule has 4 saturated heterocycles. The maximum Gasteiger partial charge on any atom is 0.287 e. The lowest BCUT2D eigenvalue weighted by Crippen LogP contribution is -3.18. The van der Waals surface area contributed by atoms with Gasteiger partial charge in [-0.2, -0.15) is 0 Å². The Labute approximate surface area is 178 Å². The number of hydrogen-bond acceptors (Lipinski definition) is 4. The number of carbonyl (C=O) groups is 4. The average Bonchev–Trinajstić information content (AvgIpc) is 3.22. The minimum Gasteiger partial charge on any atom is -0.324 e. The third-order valence-electron chi connectivity index (χ3n) is 8.12. The van der Waals surface area contributed by atoms with Crippen LogP contribution >= 0.6 is 0 Å². The summed E-state index contributed by atoms with van der Waals surface area (Å²) < 4.78 is 0. The molecule has 4 aliphatic rings. The van der Waals surface area contributed by atoms with E-state index in [9.17, 15) is 19.2 Å². The third-order valence-corrected chi connectivity index (χ3v) is 8.12. The van der Waals surface area contributed by atoms with Gasteiger partial charge in [-0.1, -0.05) is 0 Å². The first-order chi connectivity index (χ1) is 14.4. The van der Waals surface area contributed by atoms with Crippen molar-refractivity contribution in [2.45, 2.75) is 64.5 Å². The topological polar surface area (TPSA) is 83.6 Å². The van der Waals surface area contributed by atoms with Crippen molar-refractivity contribution >= 4 is 23.6 Å². The number of nitrogens with one attached hydrogen (secondary N) is 2. The molecule has 2 N–H and O–H groups in total. The van der Waals surface area contributed by atoms with Crippen molar-refractivity contribution in [3.63, 3.8) is 0 Å². The molecule has 8 heteroatoms. The highest BCUT2D eigenvalue weighted by Gasteiger charge is 2.47. The summed E-state index contributed by atoms with van der Waals surface area (Å²) in [4.78, 5) is 54.5. The molecule has 0 aromatic heterocycles. The average molecular weight is 421 g/mol. The number of likely N-dealkylation sites (N-methyl/N-ethyl adjacent to an activating group) is 2. The van der Waals surface area contributed by atoms with Gasteiger partial charge in [-0.3, -0.25) is 29.0 Å². The lowest BCUT2D eigenvalue weighted by molar-refractivity contribution is -0.924. The van der Waals surface area contributed by atoms with E-state index in [1.54, 1.807) is 0 Å². The van der Waals surface area contributed by atoms with Gasteiger partial charge in [0, 0.05) is 13.1 Å². The lowest BCUT2D eigenvalue weighted by Gasteiger charge is -2.39. The van der Waals surface area contributed by atoms with Crippen LogP contribution in [-0.2, 0) is 19.2 Å². The van der Waals surface area contributed by atoms with Crippen LogP contribution in [-0.4, -0.2) is 84.8 Å². The number of quaternary nitrogens is 2. The Balaban J connectivity index is 1.25. The summed E-state index contributed by atoms with van der Waals surface area (Å²) >= 11 is 0. The van der Waals surface area contributed by atoms with E-state index in [4.69, 9.17) is 0 Å². The summed E-state index contributed by atoms with van der Waals surface area (Å²) in [5.74, 6) is 1.36. The van der Waals surface area contributed by atoms with E-state index in [0.29, 0.717) is 37.8 Å². The molecule has 0 saturated carbocycles. The first-order valence-electron chi connectivity index (χ1n) is 11.8. The first kappa shape index (κ1) is 21.4. The predicted octanol–water partition coefficient (Wildman–Crippen LogP) is -2.13. The quantitative estimate of drug-likeness (QED) is 0.498. The molecule has 0 aliphatic carbocycles. The van der Waals surface area contributed by atoms with Crippen LogP contribution in [0.15, 0.2) is 0 Å². The van der Waals surface area contributed by atoms with E-state index in [2.05, 4.69) is 0 Å². The number of imide groups is 2. The van der Waals surface area contributed by atoms with E-state index in [0.717, 1.165) is 51.9 Å². The zero-order valence-corrected chi connectivity index (χ0v) is 18.3. The fourth-order valence-corrected chi connectivity index (χ4v) is 6.33. The van der Waals surface area contributed by atoms with Gasteiger partial charge in [-0.15, -0.1) is 0 Å². The van der Waals surface area contributed by atoms with Crippen molar-refractivity contribution in [3.05, 3.63) is 0 Å². The van der Waals surface area contributed by atoms with Gasteiger partial charge in [0.05, 0.1) is 39.0 Å². The lowest BCUT2D eigenvalue weighted by atomic mass is 9.78. The zero-order chi connectivity index (χ0) is 21.4. The van der Waals surface area contributed by atoms with Crippen LogP contribution in [0.4, 0.5) is 0 Å². The number of likely N-dealkylation sites (tertiary alicyclic amines) is 4. The molecule has 30 heavy (non-hydrogen) atoms. The van der Waals surface area contributed by atoms with Crippen molar-refractivity contribution in [2.75, 3.05) is 39.3 Å². The second-order valence-corrected chi connectivity index (χ2v) is 9.46. The number of nitrogens with zero attached hydrogens (tertiary/aromatic N) is 2. The molecule has 0 spiro atoms. The number of hydrogen-bond donors (Lipinski definition) is 2. The molecule has 4 heterocycles. The molecule has 4 rings (SSSR count). The van der Waals surface area contributed by atoms with Gasteiger partial charge in [0.2, 0.25) is 11.8 Å². The fraction of sp³-hybridized carbons (Fsp3) is 0.818. The highest BCUT2D eigenvalue weighted by atomic mass is 16.2. The van der Waals surface area contributed by atoms with Crippen LogP contribution in [0.1, 0.15) is 52.4 Å². The van der Waals surface area contributed by atoms with Crippen LogP contribution < -0.4 is 9.80 Å². The molecule has 166 valence electrons. The van der Waals surface area contributed by atoms with Crippen LogP contribution in [0.3, 0.4) is 0 Å². The van der Waals surface area contributed by atoms with Crippen LogP contribution in [0, 0.1) is 11.8 Å². The first-order valence-corrected chi connectivity index (χ1v) is 11.8. The molecular weight excluding hydrogens is 384 g/mol. The molecule has 0 radical (unpaired) electrons. The van der Waals surface area contributed by atoms with E-state index in [1.165, 1.54) is 19.6 Å². The highest BCUT2D eigenvalue weighted by Crippen LogP contribution is 2.28. The molecule has 0 aromatic carbocycles. The van der Waals surface area contributed by atoms with Crippen LogP contribution in [0.2, 0.25) is 0 Å². The standard InChI is InChI=1S/C22H34N4O4/c1-3-25-19(27)13-17(21(25)29)23-9-5-15(6-10-23)16-7-11-24(12-8-16)18-14-20(28)26(4-2)22(18)30/h15-18H,3-14H2,1-2H3/p+2/t17-,18-/m0/s1. The second kappa shape index (κ2) is 8.75. The van der Waals surface area contributed by atoms with Gasteiger partial charge in [-0.05, 0) is 51.4 Å². The predicted molar refractivity (Wildman–Crippen MR) is 108 cm³/mol. The molecule has 4 fully saturated rings. The monoisotopic (exact) mass is 420 g/mol. The summed E-state index contributed by atoms with van der Waals surface area (Å²) in [6, 6.07) is -0.339. The largest absolute Gasteiger partial charge is 0.324 e. The number of carbonyl (C=O) groups excluding carboxylic acids is 4. The van der Waals surface area contributed by atoms with Crippen LogP contribution in [0.5, 0.6) is 0 Å². The Bertz CT molecular complexity index is 650. The molecule has 0 unspecified atom stereocenters. The Morgan fingerprint density at radius 3 is 1.27 bits per heavy atom. The SMILES string of the molecule is CCN1C(=O)C[C@H]([NH+]2CCC(C3CC[NH+]([C@H]4CC(=O)N(CC)C4=O)CC3)CC2)C1=O. The van der Waals surface area contributed by atoms with E-state index in [-0.39, 0.29) is 35.7 Å². The summed E-state index contributed by atoms with van der Waals surface area (Å²) in [5, 5.41) is 0. The van der Waals surface area contributed by atoms with Crippen molar-refractivity contribution in [1.29, 1.82) is 0 Å². The summed E-state index contributed by atoms with van der Waals surface area (Å²) in [6.07, 6.45) is 5.20. The highest BCUT2D eigenvalue weighted by molar-refractivity contribution is 6.05. The van der Waals surface area contributed by atoms with Gasteiger partial charge >= 0.3 is 0 Å². The van der Waals surface area contributed by atoms with E-state index >= 15 is 0 Å². The number of piperidine rings is 2. The molecule has 2 atom stereocenters. The second-order valence-electron chi connectivity index (χ2n) is 9.46. The van der Waals surface area contributed by atoms with Crippen molar-refractivity contribution in [1.82, 2.24) is 9.80 Å². The van der Waals surface area contributed by atoms with Crippen molar-refractivity contribution in [3.8, 4) is 0 Å². The van der Waals surface area contributed by atoms with E-state index < -0.39 is 0 Å².